The van der Waals surface area contributed by atoms with Crippen molar-refractivity contribution >= 4 is 11.3 Å². The number of nitrogens with one attached hydrogen (secondary N) is 1. The van der Waals surface area contributed by atoms with E-state index >= 15 is 0 Å². The lowest BCUT2D eigenvalue weighted by Gasteiger charge is -2.02. The molecule has 0 aliphatic heterocycles. The molecule has 0 unspecified atom stereocenters. The van der Waals surface area contributed by atoms with Crippen LogP contribution in [0.1, 0.15) is 11.9 Å². The van der Waals surface area contributed by atoms with Gasteiger partial charge in [-0.3, -0.25) is 0 Å². The summed E-state index contributed by atoms with van der Waals surface area (Å²) in [4.78, 5) is 0. The van der Waals surface area contributed by atoms with E-state index in [-0.39, 0.29) is 5.75 Å². The molecule has 2 aromatic rings. The van der Waals surface area contributed by atoms with Gasteiger partial charge in [-0.15, -0.1) is 10.2 Å². The second-order valence-electron chi connectivity index (χ2n) is 3.63. The monoisotopic (exact) mass is 267 g/mol. The third-order valence-electron chi connectivity index (χ3n) is 2.39. The zero-order valence-corrected chi connectivity index (χ0v) is 11.1. The Morgan fingerprint density at radius 2 is 2.22 bits per heavy atom. The summed E-state index contributed by atoms with van der Waals surface area (Å²) < 4.78 is 18.4. The fraction of sp³-hybridized carbons (Fsp3) is 0.333. The van der Waals surface area contributed by atoms with E-state index in [9.17, 15) is 4.39 Å². The van der Waals surface area contributed by atoms with Gasteiger partial charge in [-0.1, -0.05) is 18.3 Å². The predicted molar refractivity (Wildman–Crippen MR) is 69.2 cm³/mol. The molecule has 2 rings (SSSR count). The molecule has 0 bridgehead atoms. The van der Waals surface area contributed by atoms with Crippen molar-refractivity contribution in [1.82, 2.24) is 15.5 Å². The molecule has 1 heterocycles. The van der Waals surface area contributed by atoms with Gasteiger partial charge in [0.2, 0.25) is 0 Å². The normalized spacial score (nSPS) is 10.6. The van der Waals surface area contributed by atoms with Crippen molar-refractivity contribution in [3.8, 4) is 16.3 Å². The number of rotatable bonds is 5. The average molecular weight is 267 g/mol. The van der Waals surface area contributed by atoms with Gasteiger partial charge in [-0.25, -0.2) is 4.39 Å². The first kappa shape index (κ1) is 12.9. The second-order valence-corrected chi connectivity index (χ2v) is 4.69. The van der Waals surface area contributed by atoms with E-state index in [1.807, 2.05) is 6.92 Å². The molecular weight excluding hydrogens is 253 g/mol. The Balaban J connectivity index is 2.20. The Bertz CT molecular complexity index is 530. The number of ether oxygens (including phenoxy) is 1. The molecule has 1 aromatic heterocycles. The third-order valence-corrected chi connectivity index (χ3v) is 3.36. The van der Waals surface area contributed by atoms with Crippen molar-refractivity contribution in [2.24, 2.45) is 0 Å². The highest BCUT2D eigenvalue weighted by molar-refractivity contribution is 7.14. The lowest BCUT2D eigenvalue weighted by Crippen LogP contribution is -2.11. The van der Waals surface area contributed by atoms with E-state index in [2.05, 4.69) is 15.5 Å². The highest BCUT2D eigenvalue weighted by Crippen LogP contribution is 2.27. The maximum absolute atomic E-state index is 13.6. The van der Waals surface area contributed by atoms with Gasteiger partial charge in [0, 0.05) is 12.1 Å². The summed E-state index contributed by atoms with van der Waals surface area (Å²) in [6.07, 6.45) is 0. The molecule has 6 heteroatoms. The Morgan fingerprint density at radius 1 is 1.39 bits per heavy atom. The fourth-order valence-corrected chi connectivity index (χ4v) is 2.28. The summed E-state index contributed by atoms with van der Waals surface area (Å²) in [7, 11) is 1.44. The van der Waals surface area contributed by atoms with Gasteiger partial charge in [0.25, 0.3) is 0 Å². The number of benzene rings is 1. The zero-order chi connectivity index (χ0) is 13.0. The molecule has 18 heavy (non-hydrogen) atoms. The largest absolute Gasteiger partial charge is 0.494 e. The molecule has 0 fully saturated rings. The van der Waals surface area contributed by atoms with E-state index in [0.29, 0.717) is 17.1 Å². The van der Waals surface area contributed by atoms with Crippen LogP contribution in [0.3, 0.4) is 0 Å². The minimum Gasteiger partial charge on any atom is -0.494 e. The van der Waals surface area contributed by atoms with Gasteiger partial charge in [-0.05, 0) is 24.7 Å². The molecule has 0 saturated carbocycles. The van der Waals surface area contributed by atoms with Crippen LogP contribution in [0.5, 0.6) is 5.75 Å². The van der Waals surface area contributed by atoms with Crippen LogP contribution in [0.15, 0.2) is 18.2 Å². The van der Waals surface area contributed by atoms with Crippen molar-refractivity contribution < 1.29 is 9.13 Å². The summed E-state index contributed by atoms with van der Waals surface area (Å²) >= 11 is 1.46. The first-order chi connectivity index (χ1) is 8.74. The van der Waals surface area contributed by atoms with Crippen molar-refractivity contribution in [2.45, 2.75) is 13.5 Å². The van der Waals surface area contributed by atoms with Crippen molar-refractivity contribution in [3.05, 3.63) is 29.0 Å². The fourth-order valence-electron chi connectivity index (χ4n) is 1.47. The lowest BCUT2D eigenvalue weighted by atomic mass is 10.2. The highest BCUT2D eigenvalue weighted by Gasteiger charge is 2.09. The van der Waals surface area contributed by atoms with Crippen molar-refractivity contribution in [1.29, 1.82) is 0 Å². The van der Waals surface area contributed by atoms with Gasteiger partial charge < -0.3 is 10.1 Å². The van der Waals surface area contributed by atoms with Crippen LogP contribution in [0.2, 0.25) is 0 Å². The number of aromatic nitrogens is 2. The molecule has 96 valence electrons. The number of nitrogens with zero attached hydrogens (tertiary/aromatic N) is 2. The lowest BCUT2D eigenvalue weighted by molar-refractivity contribution is 0.386. The van der Waals surface area contributed by atoms with E-state index in [0.717, 1.165) is 11.6 Å². The average Bonchev–Trinajstić information content (AvgIpc) is 2.85. The summed E-state index contributed by atoms with van der Waals surface area (Å²) in [6.45, 7) is 3.60. The van der Waals surface area contributed by atoms with Crippen LogP contribution >= 0.6 is 11.3 Å². The standard InChI is InChI=1S/C12H14FN3OS/c1-3-14-7-11-15-16-12(18-11)8-4-5-10(17-2)9(13)6-8/h4-6,14H,3,7H2,1-2H3. The number of halogens is 1. The van der Waals surface area contributed by atoms with Gasteiger partial charge in [0.15, 0.2) is 11.6 Å². The molecule has 0 atom stereocenters. The van der Waals surface area contributed by atoms with Crippen LogP contribution < -0.4 is 10.1 Å². The molecule has 4 nitrogen and oxygen atoms in total. The summed E-state index contributed by atoms with van der Waals surface area (Å²) in [5, 5.41) is 12.9. The quantitative estimate of drug-likeness (QED) is 0.904. The molecule has 1 N–H and O–H groups in total. The van der Waals surface area contributed by atoms with Crippen LogP contribution in [0.4, 0.5) is 4.39 Å². The topological polar surface area (TPSA) is 47.0 Å². The summed E-state index contributed by atoms with van der Waals surface area (Å²) in [6, 6.07) is 4.78. The van der Waals surface area contributed by atoms with Crippen molar-refractivity contribution in [3.63, 3.8) is 0 Å². The smallest absolute Gasteiger partial charge is 0.165 e. The SMILES string of the molecule is CCNCc1nnc(-c2ccc(OC)c(F)c2)s1. The predicted octanol–water partition coefficient (Wildman–Crippen LogP) is 2.46. The van der Waals surface area contributed by atoms with Crippen LogP contribution in [-0.4, -0.2) is 23.9 Å². The third kappa shape index (κ3) is 2.83. The Hall–Kier alpha value is -1.53. The molecular formula is C12H14FN3OS. The Morgan fingerprint density at radius 3 is 2.89 bits per heavy atom. The minimum atomic E-state index is -0.390. The second kappa shape index (κ2) is 5.88. The number of hydrogen-bond donors (Lipinski definition) is 1. The molecule has 0 saturated heterocycles. The van der Waals surface area contributed by atoms with Gasteiger partial charge in [0.1, 0.15) is 10.0 Å². The van der Waals surface area contributed by atoms with E-state index in [1.54, 1.807) is 12.1 Å². The number of hydrogen-bond acceptors (Lipinski definition) is 5. The maximum Gasteiger partial charge on any atom is 0.165 e. The molecule has 0 aliphatic rings. The van der Waals surface area contributed by atoms with E-state index in [4.69, 9.17) is 4.74 Å². The van der Waals surface area contributed by atoms with Crippen LogP contribution in [0.25, 0.3) is 10.6 Å². The van der Waals surface area contributed by atoms with Crippen LogP contribution in [-0.2, 0) is 6.54 Å². The van der Waals surface area contributed by atoms with Gasteiger partial charge in [-0.2, -0.15) is 0 Å². The molecule has 0 spiro atoms. The first-order valence-electron chi connectivity index (χ1n) is 5.61. The molecule has 0 amide bonds. The molecule has 0 radical (unpaired) electrons. The Kier molecular flexibility index (Phi) is 4.22. The van der Waals surface area contributed by atoms with Gasteiger partial charge >= 0.3 is 0 Å². The summed E-state index contributed by atoms with van der Waals surface area (Å²) in [5.74, 6) is -0.158. The molecule has 1 aromatic carbocycles. The van der Waals surface area contributed by atoms with E-state index in [1.165, 1.54) is 24.5 Å². The first-order valence-corrected chi connectivity index (χ1v) is 6.43. The molecule has 0 aliphatic carbocycles. The minimum absolute atomic E-state index is 0.233. The summed E-state index contributed by atoms with van der Waals surface area (Å²) in [5.41, 5.74) is 0.716. The van der Waals surface area contributed by atoms with Gasteiger partial charge in [0.05, 0.1) is 7.11 Å². The number of methoxy groups -OCH3 is 1. The highest BCUT2D eigenvalue weighted by atomic mass is 32.1. The zero-order valence-electron chi connectivity index (χ0n) is 10.2. The van der Waals surface area contributed by atoms with Crippen LogP contribution in [0, 0.1) is 5.82 Å². The Labute approximate surface area is 109 Å². The maximum atomic E-state index is 13.6. The van der Waals surface area contributed by atoms with E-state index < -0.39 is 5.82 Å². The van der Waals surface area contributed by atoms with Crippen molar-refractivity contribution in [2.75, 3.05) is 13.7 Å².